The molecule has 19 heavy (non-hydrogen) atoms. The number of hydrogen-bond donors (Lipinski definition) is 1. The van der Waals surface area contributed by atoms with Gasteiger partial charge in [0, 0.05) is 26.0 Å². The molecule has 0 fully saturated rings. The van der Waals surface area contributed by atoms with Crippen LogP contribution in [0.2, 0.25) is 0 Å². The molecule has 1 unspecified atom stereocenters. The third-order valence-corrected chi connectivity index (χ3v) is 4.82. The number of rotatable bonds is 5. The molecule has 1 aromatic carbocycles. The summed E-state index contributed by atoms with van der Waals surface area (Å²) in [5.74, 6) is 0.851. The molecule has 0 bridgehead atoms. The van der Waals surface area contributed by atoms with Crippen molar-refractivity contribution in [3.8, 4) is 5.75 Å². The van der Waals surface area contributed by atoms with Crippen LogP contribution in [0.4, 0.5) is 5.69 Å². The minimum atomic E-state index is 0.296. The molecule has 0 aliphatic heterocycles. The van der Waals surface area contributed by atoms with Gasteiger partial charge in [0.05, 0.1) is 13.2 Å². The summed E-state index contributed by atoms with van der Waals surface area (Å²) >= 11 is 5.37. The zero-order chi connectivity index (χ0) is 13.8. The van der Waals surface area contributed by atoms with Crippen LogP contribution < -0.4 is 10.1 Å². The molecule has 1 atom stereocenters. The predicted octanol–water partition coefficient (Wildman–Crippen LogP) is 5.25. The van der Waals surface area contributed by atoms with Crippen LogP contribution in [-0.2, 0) is 6.42 Å². The highest BCUT2D eigenvalue weighted by atomic mass is 79.9. The van der Waals surface area contributed by atoms with Gasteiger partial charge in [0.15, 0.2) is 0 Å². The molecule has 0 aliphatic carbocycles. The molecule has 0 saturated carbocycles. The van der Waals surface area contributed by atoms with E-state index < -0.39 is 0 Å². The molecule has 1 aromatic heterocycles. The number of hydrogen-bond acceptors (Lipinski definition) is 3. The number of nitrogens with one attached hydrogen (secondary N) is 1. The fraction of sp³-hybridized carbons (Fsp3) is 0.333. The quantitative estimate of drug-likeness (QED) is 0.802. The molecule has 102 valence electrons. The molecule has 0 saturated heterocycles. The van der Waals surface area contributed by atoms with Crippen molar-refractivity contribution in [1.82, 2.24) is 0 Å². The average molecular weight is 340 g/mol. The molecule has 0 radical (unpaired) electrons. The predicted molar refractivity (Wildman–Crippen MR) is 86.4 cm³/mol. The van der Waals surface area contributed by atoms with Gasteiger partial charge in [0.1, 0.15) is 5.75 Å². The van der Waals surface area contributed by atoms with Crippen LogP contribution in [0.15, 0.2) is 34.8 Å². The van der Waals surface area contributed by atoms with E-state index in [2.05, 4.69) is 53.3 Å². The van der Waals surface area contributed by atoms with E-state index in [0.717, 1.165) is 22.3 Å². The largest absolute Gasteiger partial charge is 0.497 e. The number of aryl methyl sites for hydroxylation is 1. The molecule has 0 amide bonds. The molecule has 4 heteroatoms. The summed E-state index contributed by atoms with van der Waals surface area (Å²) in [6, 6.07) is 10.7. The van der Waals surface area contributed by atoms with Crippen molar-refractivity contribution in [2.45, 2.75) is 26.3 Å². The second-order valence-electron chi connectivity index (χ2n) is 4.40. The third-order valence-electron chi connectivity index (χ3n) is 2.95. The van der Waals surface area contributed by atoms with E-state index in [1.165, 1.54) is 9.75 Å². The monoisotopic (exact) mass is 339 g/mol. The maximum absolute atomic E-state index is 5.28. The second-order valence-corrected chi connectivity index (χ2v) is 6.52. The third kappa shape index (κ3) is 3.74. The molecule has 1 N–H and O–H groups in total. The Bertz CT molecular complexity index is 553. The smallest absolute Gasteiger partial charge is 0.122 e. The SMILES string of the molecule is CCc1ccc(C(C)Nc2cc(Br)cc(OC)c2)s1. The highest BCUT2D eigenvalue weighted by molar-refractivity contribution is 9.10. The summed E-state index contributed by atoms with van der Waals surface area (Å²) < 4.78 is 6.29. The zero-order valence-corrected chi connectivity index (χ0v) is 13.8. The first-order valence-electron chi connectivity index (χ1n) is 6.32. The molecule has 1 heterocycles. The summed E-state index contributed by atoms with van der Waals surface area (Å²) in [5, 5.41) is 3.51. The van der Waals surface area contributed by atoms with E-state index in [1.54, 1.807) is 7.11 Å². The summed E-state index contributed by atoms with van der Waals surface area (Å²) in [6.07, 6.45) is 1.10. The lowest BCUT2D eigenvalue weighted by Gasteiger charge is -2.15. The van der Waals surface area contributed by atoms with Crippen molar-refractivity contribution in [3.63, 3.8) is 0 Å². The first-order chi connectivity index (χ1) is 9.12. The summed E-state index contributed by atoms with van der Waals surface area (Å²) in [5.41, 5.74) is 1.06. The molecule has 0 spiro atoms. The van der Waals surface area contributed by atoms with Crippen molar-refractivity contribution < 1.29 is 4.74 Å². The number of ether oxygens (including phenoxy) is 1. The Labute approximate surface area is 126 Å². The number of thiophene rings is 1. The number of benzene rings is 1. The van der Waals surface area contributed by atoms with E-state index in [1.807, 2.05) is 23.5 Å². The Balaban J connectivity index is 2.13. The lowest BCUT2D eigenvalue weighted by atomic mass is 10.2. The summed E-state index contributed by atoms with van der Waals surface area (Å²) in [7, 11) is 1.68. The van der Waals surface area contributed by atoms with Crippen LogP contribution >= 0.6 is 27.3 Å². The molecular formula is C15H18BrNOS. The Morgan fingerprint density at radius 3 is 2.74 bits per heavy atom. The maximum atomic E-state index is 5.28. The van der Waals surface area contributed by atoms with Gasteiger partial charge in [-0.2, -0.15) is 0 Å². The highest BCUT2D eigenvalue weighted by Crippen LogP contribution is 2.30. The standard InChI is InChI=1S/C15H18BrNOS/c1-4-14-5-6-15(19-14)10(2)17-12-7-11(16)8-13(9-12)18-3/h5-10,17H,4H2,1-3H3. The van der Waals surface area contributed by atoms with Crippen LogP contribution in [0.3, 0.4) is 0 Å². The average Bonchev–Trinajstić information content (AvgIpc) is 2.86. The van der Waals surface area contributed by atoms with E-state index in [0.29, 0.717) is 6.04 Å². The van der Waals surface area contributed by atoms with Crippen molar-refractivity contribution >= 4 is 33.0 Å². The first kappa shape index (κ1) is 14.4. The summed E-state index contributed by atoms with van der Waals surface area (Å²) in [4.78, 5) is 2.78. The van der Waals surface area contributed by atoms with Gasteiger partial charge in [-0.1, -0.05) is 22.9 Å². The van der Waals surface area contributed by atoms with E-state index >= 15 is 0 Å². The fourth-order valence-corrected chi connectivity index (χ4v) is 3.33. The zero-order valence-electron chi connectivity index (χ0n) is 11.4. The van der Waals surface area contributed by atoms with Crippen molar-refractivity contribution in [3.05, 3.63) is 44.6 Å². The van der Waals surface area contributed by atoms with Gasteiger partial charge < -0.3 is 10.1 Å². The topological polar surface area (TPSA) is 21.3 Å². The summed E-state index contributed by atoms with van der Waals surface area (Å²) in [6.45, 7) is 4.37. The number of anilines is 1. The minimum Gasteiger partial charge on any atom is -0.497 e. The Morgan fingerprint density at radius 1 is 1.32 bits per heavy atom. The fourth-order valence-electron chi connectivity index (χ4n) is 1.90. The molecule has 2 aromatic rings. The van der Waals surface area contributed by atoms with E-state index in [9.17, 15) is 0 Å². The van der Waals surface area contributed by atoms with Gasteiger partial charge in [-0.05, 0) is 37.6 Å². The lowest BCUT2D eigenvalue weighted by molar-refractivity contribution is 0.414. The van der Waals surface area contributed by atoms with E-state index in [-0.39, 0.29) is 0 Å². The van der Waals surface area contributed by atoms with Crippen LogP contribution in [0.1, 0.15) is 29.6 Å². The van der Waals surface area contributed by atoms with Crippen molar-refractivity contribution in [2.24, 2.45) is 0 Å². The Hall–Kier alpha value is -1.000. The number of methoxy groups -OCH3 is 1. The lowest BCUT2D eigenvalue weighted by Crippen LogP contribution is -2.04. The number of halogens is 1. The Kier molecular flexibility index (Phi) is 4.88. The van der Waals surface area contributed by atoms with Crippen LogP contribution in [0.5, 0.6) is 5.75 Å². The maximum Gasteiger partial charge on any atom is 0.122 e. The van der Waals surface area contributed by atoms with Gasteiger partial charge in [-0.15, -0.1) is 11.3 Å². The first-order valence-corrected chi connectivity index (χ1v) is 7.93. The van der Waals surface area contributed by atoms with Crippen molar-refractivity contribution in [2.75, 3.05) is 12.4 Å². The normalized spacial score (nSPS) is 12.2. The van der Waals surface area contributed by atoms with Crippen LogP contribution in [0.25, 0.3) is 0 Å². The molecule has 2 rings (SSSR count). The van der Waals surface area contributed by atoms with Gasteiger partial charge in [0.25, 0.3) is 0 Å². The highest BCUT2D eigenvalue weighted by Gasteiger charge is 2.09. The van der Waals surface area contributed by atoms with Crippen LogP contribution in [0, 0.1) is 0 Å². The van der Waals surface area contributed by atoms with Gasteiger partial charge in [0.2, 0.25) is 0 Å². The molecule has 0 aliphatic rings. The van der Waals surface area contributed by atoms with Crippen LogP contribution in [-0.4, -0.2) is 7.11 Å². The van der Waals surface area contributed by atoms with E-state index in [4.69, 9.17) is 4.74 Å². The van der Waals surface area contributed by atoms with Crippen molar-refractivity contribution in [1.29, 1.82) is 0 Å². The molecule has 2 nitrogen and oxygen atoms in total. The Morgan fingerprint density at radius 2 is 2.11 bits per heavy atom. The van der Waals surface area contributed by atoms with Gasteiger partial charge in [-0.25, -0.2) is 0 Å². The second kappa shape index (κ2) is 6.44. The minimum absolute atomic E-state index is 0.296. The van der Waals surface area contributed by atoms with Gasteiger partial charge >= 0.3 is 0 Å². The van der Waals surface area contributed by atoms with Gasteiger partial charge in [-0.3, -0.25) is 0 Å². The molecular weight excluding hydrogens is 322 g/mol.